The molecule has 3 heterocycles. The number of likely N-dealkylation sites (tertiary alicyclic amines) is 1. The van der Waals surface area contributed by atoms with Crippen molar-refractivity contribution in [3.63, 3.8) is 0 Å². The van der Waals surface area contributed by atoms with Crippen molar-refractivity contribution >= 4 is 16.8 Å². The lowest BCUT2D eigenvalue weighted by Crippen LogP contribution is -2.58. The van der Waals surface area contributed by atoms with Gasteiger partial charge in [0.15, 0.2) is 0 Å². The van der Waals surface area contributed by atoms with Gasteiger partial charge in [-0.05, 0) is 43.5 Å². The van der Waals surface area contributed by atoms with Crippen molar-refractivity contribution in [2.75, 3.05) is 33.4 Å². The molecule has 2 saturated heterocycles. The van der Waals surface area contributed by atoms with E-state index in [9.17, 15) is 4.79 Å². The number of carbonyl (C=O) groups is 1. The minimum Gasteiger partial charge on any atom is -0.384 e. The number of aromatic nitrogens is 1. The predicted molar refractivity (Wildman–Crippen MR) is 95.5 cm³/mol. The lowest BCUT2D eigenvalue weighted by Gasteiger charge is -2.50. The maximum atomic E-state index is 13.1. The number of piperidine rings is 1. The molecule has 0 spiro atoms. The summed E-state index contributed by atoms with van der Waals surface area (Å²) >= 11 is 0. The zero-order chi connectivity index (χ0) is 17.3. The Bertz CT molecular complexity index is 774. The van der Waals surface area contributed by atoms with Gasteiger partial charge in [0, 0.05) is 49.4 Å². The summed E-state index contributed by atoms with van der Waals surface area (Å²) in [6.45, 7) is 2.90. The van der Waals surface area contributed by atoms with Gasteiger partial charge in [0.2, 0.25) is 0 Å². The van der Waals surface area contributed by atoms with Gasteiger partial charge < -0.3 is 14.4 Å². The first kappa shape index (κ1) is 16.5. The van der Waals surface area contributed by atoms with Gasteiger partial charge in [-0.1, -0.05) is 6.07 Å². The highest BCUT2D eigenvalue weighted by molar-refractivity contribution is 5.98. The van der Waals surface area contributed by atoms with Gasteiger partial charge in [-0.2, -0.15) is 0 Å². The molecular weight excluding hydrogens is 316 g/mol. The molecule has 2 unspecified atom stereocenters. The van der Waals surface area contributed by atoms with E-state index in [1.54, 1.807) is 13.3 Å². The molecule has 0 aliphatic carbocycles. The van der Waals surface area contributed by atoms with Crippen LogP contribution in [0.3, 0.4) is 0 Å². The molecule has 2 atom stereocenters. The van der Waals surface area contributed by atoms with Crippen molar-refractivity contribution in [1.82, 2.24) is 9.88 Å². The second-order valence-corrected chi connectivity index (χ2v) is 7.18. The van der Waals surface area contributed by atoms with Gasteiger partial charge in [0.05, 0.1) is 18.2 Å². The average Bonchev–Trinajstić information content (AvgIpc) is 2.66. The average molecular weight is 340 g/mol. The lowest BCUT2D eigenvalue weighted by atomic mass is 9.73. The molecule has 5 nitrogen and oxygen atoms in total. The number of nitrogens with zero attached hydrogens (tertiary/aromatic N) is 2. The van der Waals surface area contributed by atoms with Crippen molar-refractivity contribution in [3.05, 3.63) is 42.1 Å². The van der Waals surface area contributed by atoms with Crippen LogP contribution in [0.1, 0.15) is 29.6 Å². The zero-order valence-corrected chi connectivity index (χ0v) is 14.6. The molecule has 1 aromatic heterocycles. The second kappa shape index (κ2) is 6.73. The molecular formula is C20H24N2O3. The summed E-state index contributed by atoms with van der Waals surface area (Å²) < 4.78 is 11.5. The highest BCUT2D eigenvalue weighted by Crippen LogP contribution is 2.40. The van der Waals surface area contributed by atoms with Crippen LogP contribution in [0, 0.1) is 5.41 Å². The fourth-order valence-electron chi connectivity index (χ4n) is 4.35. The number of hydrogen-bond donors (Lipinski definition) is 0. The van der Waals surface area contributed by atoms with Crippen LogP contribution < -0.4 is 0 Å². The Hall–Kier alpha value is -1.98. The third kappa shape index (κ3) is 3.02. The maximum absolute atomic E-state index is 13.1. The summed E-state index contributed by atoms with van der Waals surface area (Å²) in [5, 5.41) is 0.996. The SMILES string of the molecule is COCC12CCCOC1CCN(C(=O)c1ccc3ncccc3c1)C2. The fourth-order valence-corrected chi connectivity index (χ4v) is 4.35. The molecule has 5 heteroatoms. The summed E-state index contributed by atoms with van der Waals surface area (Å²) in [7, 11) is 1.73. The largest absolute Gasteiger partial charge is 0.384 e. The zero-order valence-electron chi connectivity index (χ0n) is 14.6. The van der Waals surface area contributed by atoms with Crippen LogP contribution in [-0.4, -0.2) is 55.3 Å². The minimum absolute atomic E-state index is 0.0701. The second-order valence-electron chi connectivity index (χ2n) is 7.18. The molecule has 0 N–H and O–H groups in total. The summed E-state index contributed by atoms with van der Waals surface area (Å²) in [6, 6.07) is 9.63. The highest BCUT2D eigenvalue weighted by atomic mass is 16.5. The van der Waals surface area contributed by atoms with E-state index >= 15 is 0 Å². The van der Waals surface area contributed by atoms with E-state index in [2.05, 4.69) is 4.98 Å². The summed E-state index contributed by atoms with van der Waals surface area (Å²) in [5.41, 5.74) is 1.57. The lowest BCUT2D eigenvalue weighted by molar-refractivity contribution is -0.142. The first-order valence-electron chi connectivity index (χ1n) is 8.96. The molecule has 0 radical (unpaired) electrons. The van der Waals surface area contributed by atoms with Crippen LogP contribution in [-0.2, 0) is 9.47 Å². The summed E-state index contributed by atoms with van der Waals surface area (Å²) in [6.07, 6.45) is 4.93. The summed E-state index contributed by atoms with van der Waals surface area (Å²) in [5.74, 6) is 0.0882. The topological polar surface area (TPSA) is 51.7 Å². The van der Waals surface area contributed by atoms with Crippen LogP contribution in [0.4, 0.5) is 0 Å². The van der Waals surface area contributed by atoms with E-state index in [1.807, 2.05) is 35.2 Å². The number of pyridine rings is 1. The van der Waals surface area contributed by atoms with Crippen LogP contribution in [0.5, 0.6) is 0 Å². The van der Waals surface area contributed by atoms with Crippen molar-refractivity contribution in [1.29, 1.82) is 0 Å². The van der Waals surface area contributed by atoms with Gasteiger partial charge in [-0.25, -0.2) is 0 Å². The fraction of sp³-hybridized carbons (Fsp3) is 0.500. The van der Waals surface area contributed by atoms with E-state index in [4.69, 9.17) is 9.47 Å². The number of benzene rings is 1. The molecule has 2 aliphatic rings. The van der Waals surface area contributed by atoms with Crippen molar-refractivity contribution < 1.29 is 14.3 Å². The Morgan fingerprint density at radius 3 is 3.24 bits per heavy atom. The van der Waals surface area contributed by atoms with Crippen LogP contribution >= 0.6 is 0 Å². The van der Waals surface area contributed by atoms with Gasteiger partial charge in [0.1, 0.15) is 0 Å². The van der Waals surface area contributed by atoms with E-state index in [1.165, 1.54) is 0 Å². The van der Waals surface area contributed by atoms with Crippen LogP contribution in [0.15, 0.2) is 36.5 Å². The summed E-state index contributed by atoms with van der Waals surface area (Å²) in [4.78, 5) is 19.4. The van der Waals surface area contributed by atoms with Crippen molar-refractivity contribution in [2.45, 2.75) is 25.4 Å². The van der Waals surface area contributed by atoms with Crippen LogP contribution in [0.2, 0.25) is 0 Å². The first-order valence-corrected chi connectivity index (χ1v) is 8.96. The Morgan fingerprint density at radius 2 is 2.36 bits per heavy atom. The number of hydrogen-bond acceptors (Lipinski definition) is 4. The Kier molecular flexibility index (Phi) is 4.44. The number of carbonyl (C=O) groups excluding carboxylic acids is 1. The molecule has 2 aromatic rings. The van der Waals surface area contributed by atoms with Gasteiger partial charge >= 0.3 is 0 Å². The Labute approximate surface area is 147 Å². The molecule has 1 aromatic carbocycles. The smallest absolute Gasteiger partial charge is 0.253 e. The van der Waals surface area contributed by atoms with Crippen LogP contribution in [0.25, 0.3) is 10.9 Å². The quantitative estimate of drug-likeness (QED) is 0.862. The molecule has 2 fully saturated rings. The maximum Gasteiger partial charge on any atom is 0.253 e. The highest BCUT2D eigenvalue weighted by Gasteiger charge is 2.47. The molecule has 25 heavy (non-hydrogen) atoms. The number of amides is 1. The minimum atomic E-state index is -0.0701. The van der Waals surface area contributed by atoms with Gasteiger partial charge in [-0.15, -0.1) is 0 Å². The third-order valence-corrected chi connectivity index (χ3v) is 5.56. The standard InChI is InChI=1S/C20H24N2O3/c1-24-14-20-8-3-11-25-18(20)7-10-22(13-20)19(23)16-5-6-17-15(12-16)4-2-9-21-17/h2,4-6,9,12,18H,3,7-8,10-11,13-14H2,1H3. The Balaban J connectivity index is 1.58. The van der Waals surface area contributed by atoms with Gasteiger partial charge in [0.25, 0.3) is 5.91 Å². The van der Waals surface area contributed by atoms with Gasteiger partial charge in [-0.3, -0.25) is 9.78 Å². The van der Waals surface area contributed by atoms with E-state index in [0.29, 0.717) is 13.2 Å². The molecule has 0 bridgehead atoms. The number of methoxy groups -OCH3 is 1. The van der Waals surface area contributed by atoms with E-state index in [0.717, 1.165) is 48.9 Å². The Morgan fingerprint density at radius 1 is 1.44 bits per heavy atom. The monoisotopic (exact) mass is 340 g/mol. The van der Waals surface area contributed by atoms with Crippen molar-refractivity contribution in [3.8, 4) is 0 Å². The normalized spacial score (nSPS) is 26.4. The number of rotatable bonds is 3. The third-order valence-electron chi connectivity index (χ3n) is 5.56. The molecule has 0 saturated carbocycles. The van der Waals surface area contributed by atoms with E-state index < -0.39 is 0 Å². The molecule has 2 aliphatic heterocycles. The number of fused-ring (bicyclic) bond motifs is 2. The van der Waals surface area contributed by atoms with Crippen molar-refractivity contribution in [2.24, 2.45) is 5.41 Å². The van der Waals surface area contributed by atoms with E-state index in [-0.39, 0.29) is 17.4 Å². The predicted octanol–water partition coefficient (Wildman–Crippen LogP) is 2.89. The first-order chi connectivity index (χ1) is 12.2. The molecule has 4 rings (SSSR count). The molecule has 132 valence electrons. The molecule has 1 amide bonds. The number of ether oxygens (including phenoxy) is 2.